The molecule has 0 bridgehead atoms. The summed E-state index contributed by atoms with van der Waals surface area (Å²) in [5.41, 5.74) is 8.61. The zero-order chi connectivity index (χ0) is 41.7. The van der Waals surface area contributed by atoms with Crippen LogP contribution in [-0.4, -0.2) is 79.0 Å². The zero-order valence-electron chi connectivity index (χ0n) is 34.4. The second kappa shape index (κ2) is 16.1. The standard InChI is InChI=1S/C47H51N7O5S/c1-27(2)43(46(58)54-25-35(55)21-39(54)45(57)49-28(3)30-9-11-31(12-10-30)44-29(4)48-26-60-44)41-22-42(52-59-41)53-17-15-47(16-18-53)23-34(24-47)32-13-14-37-33(19-32)20-38(51-50-37)36-7-5-6-8-40(36)56/h5-14,19-20,22,26-28,34-35,39,43,55-56H,15-18,21,23-25H2,1-4H3,(H,49,57)/t28-,35+,39-,43+/m0/s1. The van der Waals surface area contributed by atoms with Gasteiger partial charge in [-0.05, 0) is 104 Å². The Kier molecular flexibility index (Phi) is 10.7. The van der Waals surface area contributed by atoms with Gasteiger partial charge in [0, 0.05) is 43.1 Å². The van der Waals surface area contributed by atoms with Crippen molar-refractivity contribution in [2.45, 2.75) is 89.8 Å². The van der Waals surface area contributed by atoms with E-state index < -0.39 is 18.1 Å². The Hall–Kier alpha value is -5.66. The van der Waals surface area contributed by atoms with Gasteiger partial charge in [0.15, 0.2) is 11.6 Å². The number of amides is 2. The van der Waals surface area contributed by atoms with Gasteiger partial charge in [0.1, 0.15) is 17.7 Å². The molecule has 3 aliphatic rings. The van der Waals surface area contributed by atoms with E-state index in [1.165, 1.54) is 10.5 Å². The normalized spacial score (nSPS) is 20.1. The Balaban J connectivity index is 0.817. The van der Waals surface area contributed by atoms with Crippen molar-refractivity contribution >= 4 is 39.9 Å². The van der Waals surface area contributed by atoms with Crippen LogP contribution < -0.4 is 10.2 Å². The molecule has 3 aromatic heterocycles. The van der Waals surface area contributed by atoms with Crippen molar-refractivity contribution in [1.29, 1.82) is 0 Å². The van der Waals surface area contributed by atoms with Gasteiger partial charge in [0.25, 0.3) is 0 Å². The zero-order valence-corrected chi connectivity index (χ0v) is 35.2. The van der Waals surface area contributed by atoms with Crippen molar-refractivity contribution in [3.8, 4) is 27.4 Å². The molecule has 0 radical (unpaired) electrons. The number of hydrogen-bond acceptors (Lipinski definition) is 11. The third kappa shape index (κ3) is 7.64. The van der Waals surface area contributed by atoms with Crippen LogP contribution in [0.2, 0.25) is 0 Å². The molecule has 4 atom stereocenters. The number of hydrogen-bond donors (Lipinski definition) is 3. The average Bonchev–Trinajstić information content (AvgIpc) is 4.00. The number of aliphatic hydroxyl groups excluding tert-OH is 1. The minimum Gasteiger partial charge on any atom is -0.507 e. The minimum atomic E-state index is -0.801. The Bertz CT molecular complexity index is 2520. The molecule has 60 heavy (non-hydrogen) atoms. The van der Waals surface area contributed by atoms with Crippen LogP contribution in [0.15, 0.2) is 88.9 Å². The maximum atomic E-state index is 14.3. The molecule has 3 fully saturated rings. The highest BCUT2D eigenvalue weighted by atomic mass is 32.1. The van der Waals surface area contributed by atoms with E-state index in [0.29, 0.717) is 22.9 Å². The fourth-order valence-electron chi connectivity index (χ4n) is 9.67. The number of aliphatic hydroxyl groups is 1. The van der Waals surface area contributed by atoms with Gasteiger partial charge in [-0.1, -0.05) is 61.5 Å². The lowest BCUT2D eigenvalue weighted by Gasteiger charge is -2.52. The van der Waals surface area contributed by atoms with Crippen LogP contribution in [0.4, 0.5) is 5.82 Å². The van der Waals surface area contributed by atoms with Crippen molar-refractivity contribution in [2.24, 2.45) is 11.3 Å². The molecular weight excluding hydrogens is 775 g/mol. The summed E-state index contributed by atoms with van der Waals surface area (Å²) >= 11 is 1.60. The fourth-order valence-corrected chi connectivity index (χ4v) is 10.5. The van der Waals surface area contributed by atoms with E-state index >= 15 is 0 Å². The number of thiazole rings is 1. The van der Waals surface area contributed by atoms with Gasteiger partial charge in [-0.2, -0.15) is 0 Å². The molecule has 1 spiro atoms. The third-order valence-corrected chi connectivity index (χ3v) is 14.1. The number of nitrogens with one attached hydrogen (secondary N) is 1. The molecule has 5 heterocycles. The monoisotopic (exact) mass is 825 g/mol. The Labute approximate surface area is 353 Å². The average molecular weight is 826 g/mol. The van der Waals surface area contributed by atoms with Gasteiger partial charge >= 0.3 is 0 Å². The van der Waals surface area contributed by atoms with Crippen molar-refractivity contribution in [3.63, 3.8) is 0 Å². The van der Waals surface area contributed by atoms with Crippen LogP contribution in [0.1, 0.15) is 93.3 Å². The number of phenols is 1. The first-order chi connectivity index (χ1) is 28.9. The molecule has 6 aromatic rings. The molecule has 3 N–H and O–H groups in total. The predicted octanol–water partition coefficient (Wildman–Crippen LogP) is 8.17. The number of aryl methyl sites for hydroxylation is 1. The van der Waals surface area contributed by atoms with E-state index in [-0.39, 0.29) is 47.9 Å². The van der Waals surface area contributed by atoms with Crippen molar-refractivity contribution in [2.75, 3.05) is 24.5 Å². The summed E-state index contributed by atoms with van der Waals surface area (Å²) in [5.74, 6) is 0.557. The quantitative estimate of drug-likeness (QED) is 0.123. The Morgan fingerprint density at radius 3 is 2.45 bits per heavy atom. The highest BCUT2D eigenvalue weighted by Gasteiger charge is 2.47. The molecule has 3 aromatic carbocycles. The van der Waals surface area contributed by atoms with Gasteiger partial charge < -0.3 is 29.9 Å². The number of nitrogens with zero attached hydrogens (tertiary/aromatic N) is 6. The summed E-state index contributed by atoms with van der Waals surface area (Å²) in [4.78, 5) is 37.3. The Morgan fingerprint density at radius 2 is 1.73 bits per heavy atom. The summed E-state index contributed by atoms with van der Waals surface area (Å²) in [6.07, 6.45) is 3.72. The summed E-state index contributed by atoms with van der Waals surface area (Å²) in [5, 5.41) is 38.5. The molecule has 2 saturated heterocycles. The van der Waals surface area contributed by atoms with Gasteiger partial charge in [0.2, 0.25) is 11.8 Å². The van der Waals surface area contributed by atoms with Crippen LogP contribution >= 0.6 is 11.3 Å². The van der Waals surface area contributed by atoms with E-state index in [0.717, 1.165) is 77.2 Å². The van der Waals surface area contributed by atoms with E-state index in [1.807, 2.05) is 87.8 Å². The first-order valence-electron chi connectivity index (χ1n) is 21.0. The number of carbonyl (C=O) groups excluding carboxylic acids is 2. The van der Waals surface area contributed by atoms with E-state index in [1.54, 1.807) is 23.5 Å². The summed E-state index contributed by atoms with van der Waals surface area (Å²) in [6, 6.07) is 24.5. The number of para-hydroxylation sites is 1. The predicted molar refractivity (Wildman–Crippen MR) is 232 cm³/mol. The number of carbonyl (C=O) groups is 2. The second-order valence-corrected chi connectivity index (χ2v) is 18.3. The largest absolute Gasteiger partial charge is 0.507 e. The molecular formula is C47H51N7O5S. The fraction of sp³-hybridized carbons (Fsp3) is 0.404. The maximum Gasteiger partial charge on any atom is 0.243 e. The summed E-state index contributed by atoms with van der Waals surface area (Å²) in [6.45, 7) is 9.65. The van der Waals surface area contributed by atoms with Gasteiger partial charge in [-0.15, -0.1) is 21.5 Å². The van der Waals surface area contributed by atoms with Crippen molar-refractivity contribution < 1.29 is 24.3 Å². The van der Waals surface area contributed by atoms with Crippen LogP contribution in [0, 0.1) is 18.3 Å². The molecule has 13 heteroatoms. The molecule has 1 saturated carbocycles. The van der Waals surface area contributed by atoms with E-state index in [9.17, 15) is 19.8 Å². The molecule has 1 aliphatic carbocycles. The molecule has 2 amide bonds. The number of benzene rings is 3. The van der Waals surface area contributed by atoms with Gasteiger partial charge in [0.05, 0.1) is 39.4 Å². The number of rotatable bonds is 10. The number of aromatic hydroxyl groups is 1. The second-order valence-electron chi connectivity index (χ2n) is 17.5. The minimum absolute atomic E-state index is 0.0835. The summed E-state index contributed by atoms with van der Waals surface area (Å²) < 4.78 is 5.93. The van der Waals surface area contributed by atoms with Crippen LogP contribution in [-0.2, 0) is 9.59 Å². The van der Waals surface area contributed by atoms with E-state index in [2.05, 4.69) is 42.7 Å². The molecule has 2 aliphatic heterocycles. The molecule has 310 valence electrons. The third-order valence-electron chi connectivity index (χ3n) is 13.2. The lowest BCUT2D eigenvalue weighted by Crippen LogP contribution is -2.48. The number of fused-ring (bicyclic) bond motifs is 1. The topological polar surface area (TPSA) is 158 Å². The maximum absolute atomic E-state index is 14.3. The number of anilines is 1. The van der Waals surface area contributed by atoms with Crippen LogP contribution in [0.25, 0.3) is 32.6 Å². The Morgan fingerprint density at radius 1 is 0.967 bits per heavy atom. The number of phenolic OH excluding ortho intramolecular Hbond substituents is 1. The van der Waals surface area contributed by atoms with Crippen molar-refractivity contribution in [1.82, 2.24) is 30.6 Å². The number of piperidine rings is 1. The van der Waals surface area contributed by atoms with Gasteiger partial charge in [-0.25, -0.2) is 4.98 Å². The summed E-state index contributed by atoms with van der Waals surface area (Å²) in [7, 11) is 0. The van der Waals surface area contributed by atoms with Crippen LogP contribution in [0.5, 0.6) is 5.75 Å². The number of likely N-dealkylation sites (tertiary alicyclic amines) is 1. The molecule has 9 rings (SSSR count). The lowest BCUT2D eigenvalue weighted by molar-refractivity contribution is -0.141. The SMILES string of the molecule is Cc1ncsc1-c1ccc([C@H](C)NC(=O)[C@@H]2C[C@@H](O)CN2C(=O)[C@@H](c2cc(N3CCC4(CC3)CC(c3ccc5nnc(-c6ccccc6O)cc5c3)C4)no2)C(C)C)cc1. The lowest BCUT2D eigenvalue weighted by atomic mass is 9.56. The molecule has 0 unspecified atom stereocenters. The first-order valence-corrected chi connectivity index (χ1v) is 21.9. The number of aromatic nitrogens is 4. The van der Waals surface area contributed by atoms with Crippen LogP contribution in [0.3, 0.4) is 0 Å². The highest BCUT2D eigenvalue weighted by molar-refractivity contribution is 7.13. The smallest absolute Gasteiger partial charge is 0.243 e. The van der Waals surface area contributed by atoms with E-state index in [4.69, 9.17) is 4.52 Å². The first kappa shape index (κ1) is 39.8. The highest BCUT2D eigenvalue weighted by Crippen LogP contribution is 2.57. The molecule has 12 nitrogen and oxygen atoms in total. The van der Waals surface area contributed by atoms with Gasteiger partial charge in [-0.3, -0.25) is 9.59 Å². The van der Waals surface area contributed by atoms with Crippen molar-refractivity contribution in [3.05, 3.63) is 107 Å². The number of β-amino-alcohol motifs (C(OH)–C–C–N with tert-alkyl or cyclic N) is 1.